The van der Waals surface area contributed by atoms with E-state index >= 15 is 0 Å². The lowest BCUT2D eigenvalue weighted by molar-refractivity contribution is 0.547. The summed E-state index contributed by atoms with van der Waals surface area (Å²) in [6.45, 7) is 3.09. The van der Waals surface area contributed by atoms with Gasteiger partial charge in [-0.1, -0.05) is 24.3 Å². The Hall–Kier alpha value is -1.71. The highest BCUT2D eigenvalue weighted by Crippen LogP contribution is 2.16. The van der Waals surface area contributed by atoms with Crippen LogP contribution in [-0.4, -0.2) is 11.0 Å². The first-order valence-electron chi connectivity index (χ1n) is 6.90. The minimum absolute atomic E-state index is 0.462. The molecule has 1 aromatic carbocycles. The smallest absolute Gasteiger partial charge is 0.0746 e. The zero-order valence-electron chi connectivity index (χ0n) is 11.5. The van der Waals surface area contributed by atoms with Gasteiger partial charge in [0.15, 0.2) is 0 Å². The predicted molar refractivity (Wildman–Crippen MR) is 86.1 cm³/mol. The van der Waals surface area contributed by atoms with Crippen molar-refractivity contribution in [3.8, 4) is 0 Å². The van der Waals surface area contributed by atoms with Crippen LogP contribution in [-0.2, 0) is 13.0 Å². The van der Waals surface area contributed by atoms with Crippen molar-refractivity contribution in [1.82, 2.24) is 10.3 Å². The summed E-state index contributed by atoms with van der Waals surface area (Å²) < 4.78 is 0. The second kappa shape index (κ2) is 6.16. The number of para-hydroxylation sites is 1. The molecule has 20 heavy (non-hydrogen) atoms. The Balaban J connectivity index is 1.67. The van der Waals surface area contributed by atoms with Crippen LogP contribution in [0.25, 0.3) is 10.9 Å². The number of hydrogen-bond donors (Lipinski definition) is 1. The molecule has 3 heteroatoms. The maximum absolute atomic E-state index is 4.50. The Morgan fingerprint density at radius 3 is 2.95 bits per heavy atom. The molecule has 2 aromatic heterocycles. The van der Waals surface area contributed by atoms with Crippen LogP contribution in [0.4, 0.5) is 0 Å². The van der Waals surface area contributed by atoms with Crippen LogP contribution in [0.15, 0.2) is 53.4 Å². The second-order valence-corrected chi connectivity index (χ2v) is 5.89. The number of thiophene rings is 1. The zero-order valence-corrected chi connectivity index (χ0v) is 12.4. The molecule has 102 valence electrons. The van der Waals surface area contributed by atoms with Gasteiger partial charge in [-0.05, 0) is 47.4 Å². The molecule has 2 heterocycles. The standard InChI is InChI=1S/C17H18N2S/c1-13(10-14-7-9-20-12-14)19-11-16-5-2-4-15-6-3-8-18-17(15)16/h2-9,12-13,19H,10-11H2,1H3. The van der Waals surface area contributed by atoms with Crippen LogP contribution < -0.4 is 5.32 Å². The molecule has 0 aliphatic carbocycles. The molecule has 0 spiro atoms. The molecule has 0 aliphatic heterocycles. The highest BCUT2D eigenvalue weighted by atomic mass is 32.1. The summed E-state index contributed by atoms with van der Waals surface area (Å²) in [5.41, 5.74) is 3.77. The van der Waals surface area contributed by atoms with Crippen molar-refractivity contribution in [1.29, 1.82) is 0 Å². The number of pyridine rings is 1. The summed E-state index contributed by atoms with van der Waals surface area (Å²) in [7, 11) is 0. The average molecular weight is 282 g/mol. The second-order valence-electron chi connectivity index (χ2n) is 5.11. The van der Waals surface area contributed by atoms with E-state index in [1.54, 1.807) is 11.3 Å². The Morgan fingerprint density at radius 2 is 2.10 bits per heavy atom. The van der Waals surface area contributed by atoms with E-state index in [0.717, 1.165) is 18.5 Å². The SMILES string of the molecule is CC(Cc1ccsc1)NCc1cccc2cccnc12. The minimum Gasteiger partial charge on any atom is -0.310 e. The molecule has 3 aromatic rings. The van der Waals surface area contributed by atoms with Crippen molar-refractivity contribution in [3.05, 3.63) is 64.5 Å². The Kier molecular flexibility index (Phi) is 4.09. The maximum Gasteiger partial charge on any atom is 0.0746 e. The van der Waals surface area contributed by atoms with Gasteiger partial charge in [0.25, 0.3) is 0 Å². The third-order valence-corrected chi connectivity index (χ3v) is 4.21. The van der Waals surface area contributed by atoms with E-state index in [1.165, 1.54) is 16.5 Å². The van der Waals surface area contributed by atoms with Crippen molar-refractivity contribution in [2.75, 3.05) is 0 Å². The predicted octanol–water partition coefficient (Wildman–Crippen LogP) is 4.02. The normalized spacial score (nSPS) is 12.7. The van der Waals surface area contributed by atoms with Crippen LogP contribution in [0.1, 0.15) is 18.1 Å². The molecule has 0 saturated carbocycles. The third kappa shape index (κ3) is 3.06. The van der Waals surface area contributed by atoms with E-state index in [9.17, 15) is 0 Å². The first kappa shape index (κ1) is 13.3. The number of benzene rings is 1. The highest BCUT2D eigenvalue weighted by molar-refractivity contribution is 7.07. The van der Waals surface area contributed by atoms with Gasteiger partial charge in [-0.25, -0.2) is 0 Å². The highest BCUT2D eigenvalue weighted by Gasteiger charge is 2.06. The first-order valence-corrected chi connectivity index (χ1v) is 7.84. The molecule has 0 radical (unpaired) electrons. The summed E-state index contributed by atoms with van der Waals surface area (Å²) in [5, 5.41) is 9.16. The summed E-state index contributed by atoms with van der Waals surface area (Å²) in [6.07, 6.45) is 2.93. The number of rotatable bonds is 5. The monoisotopic (exact) mass is 282 g/mol. The Labute approximate surface area is 123 Å². The third-order valence-electron chi connectivity index (χ3n) is 3.48. The van der Waals surface area contributed by atoms with Crippen molar-refractivity contribution >= 4 is 22.2 Å². The number of aromatic nitrogens is 1. The molecule has 1 unspecified atom stereocenters. The van der Waals surface area contributed by atoms with Crippen molar-refractivity contribution in [2.45, 2.75) is 25.9 Å². The van der Waals surface area contributed by atoms with Crippen LogP contribution in [0.2, 0.25) is 0 Å². The molecule has 1 N–H and O–H groups in total. The van der Waals surface area contributed by atoms with Gasteiger partial charge in [0.2, 0.25) is 0 Å². The lowest BCUT2D eigenvalue weighted by Crippen LogP contribution is -2.27. The maximum atomic E-state index is 4.50. The van der Waals surface area contributed by atoms with Crippen LogP contribution in [0.3, 0.4) is 0 Å². The summed E-state index contributed by atoms with van der Waals surface area (Å²) in [6, 6.07) is 13.1. The molecule has 0 fully saturated rings. The summed E-state index contributed by atoms with van der Waals surface area (Å²) >= 11 is 1.76. The summed E-state index contributed by atoms with van der Waals surface area (Å²) in [5.74, 6) is 0. The lowest BCUT2D eigenvalue weighted by atomic mass is 10.1. The molecule has 1 atom stereocenters. The van der Waals surface area contributed by atoms with Crippen molar-refractivity contribution in [3.63, 3.8) is 0 Å². The van der Waals surface area contributed by atoms with Gasteiger partial charge in [-0.15, -0.1) is 0 Å². The van der Waals surface area contributed by atoms with E-state index in [2.05, 4.69) is 58.3 Å². The molecule has 0 amide bonds. The van der Waals surface area contributed by atoms with Crippen molar-refractivity contribution in [2.24, 2.45) is 0 Å². The Bertz CT molecular complexity index is 671. The fourth-order valence-corrected chi connectivity index (χ4v) is 3.11. The van der Waals surface area contributed by atoms with Gasteiger partial charge in [0.1, 0.15) is 0 Å². The van der Waals surface area contributed by atoms with Gasteiger partial charge in [-0.3, -0.25) is 4.98 Å². The van der Waals surface area contributed by atoms with Crippen LogP contribution in [0.5, 0.6) is 0 Å². The molecular weight excluding hydrogens is 264 g/mol. The molecule has 0 aliphatic rings. The lowest BCUT2D eigenvalue weighted by Gasteiger charge is -2.14. The topological polar surface area (TPSA) is 24.9 Å². The van der Waals surface area contributed by atoms with Gasteiger partial charge >= 0.3 is 0 Å². The fraction of sp³-hybridized carbons (Fsp3) is 0.235. The van der Waals surface area contributed by atoms with E-state index in [-0.39, 0.29) is 0 Å². The molecular formula is C17H18N2S. The van der Waals surface area contributed by atoms with E-state index in [0.29, 0.717) is 6.04 Å². The van der Waals surface area contributed by atoms with E-state index < -0.39 is 0 Å². The largest absolute Gasteiger partial charge is 0.310 e. The van der Waals surface area contributed by atoms with Crippen LogP contribution >= 0.6 is 11.3 Å². The summed E-state index contributed by atoms with van der Waals surface area (Å²) in [4.78, 5) is 4.50. The molecule has 2 nitrogen and oxygen atoms in total. The van der Waals surface area contributed by atoms with Gasteiger partial charge in [0, 0.05) is 24.2 Å². The molecule has 3 rings (SSSR count). The average Bonchev–Trinajstić information content (AvgIpc) is 2.98. The molecule has 0 bridgehead atoms. The van der Waals surface area contributed by atoms with Gasteiger partial charge in [0.05, 0.1) is 5.52 Å². The number of fused-ring (bicyclic) bond motifs is 1. The van der Waals surface area contributed by atoms with E-state index in [1.807, 2.05) is 12.3 Å². The Morgan fingerprint density at radius 1 is 1.20 bits per heavy atom. The number of nitrogens with one attached hydrogen (secondary N) is 1. The fourth-order valence-electron chi connectivity index (χ4n) is 2.43. The zero-order chi connectivity index (χ0) is 13.8. The first-order chi connectivity index (χ1) is 9.83. The van der Waals surface area contributed by atoms with Gasteiger partial charge < -0.3 is 5.32 Å². The van der Waals surface area contributed by atoms with Crippen LogP contribution in [0, 0.1) is 0 Å². The van der Waals surface area contributed by atoms with Gasteiger partial charge in [-0.2, -0.15) is 11.3 Å². The van der Waals surface area contributed by atoms with Crippen molar-refractivity contribution < 1.29 is 0 Å². The number of hydrogen-bond acceptors (Lipinski definition) is 3. The molecule has 0 saturated heterocycles. The van der Waals surface area contributed by atoms with E-state index in [4.69, 9.17) is 0 Å². The quantitative estimate of drug-likeness (QED) is 0.764. The number of nitrogens with zero attached hydrogens (tertiary/aromatic N) is 1. The minimum atomic E-state index is 0.462.